The summed E-state index contributed by atoms with van der Waals surface area (Å²) in [6.07, 6.45) is 0. The average Bonchev–Trinajstić information content (AvgIpc) is 3.17. The molecule has 2 N–H and O–H groups in total. The lowest BCUT2D eigenvalue weighted by Gasteiger charge is -2.10. The molecule has 0 saturated carbocycles. The number of hydrogen-bond donors (Lipinski definition) is 2. The molecule has 8 heteroatoms. The molecule has 33 heavy (non-hydrogen) atoms. The summed E-state index contributed by atoms with van der Waals surface area (Å²) >= 11 is 5.32. The summed E-state index contributed by atoms with van der Waals surface area (Å²) in [6, 6.07) is 22.5. The lowest BCUT2D eigenvalue weighted by molar-refractivity contribution is -0.116. The first-order valence-corrected chi connectivity index (χ1v) is 11.0. The third-order valence-corrected chi connectivity index (χ3v) is 5.19. The van der Waals surface area contributed by atoms with Gasteiger partial charge in [-0.25, -0.2) is 0 Å². The molecule has 0 spiro atoms. The molecule has 1 heterocycles. The molecule has 7 nitrogen and oxygen atoms in total. The maximum absolute atomic E-state index is 12.7. The number of H-pyrrole nitrogens is 1. The van der Waals surface area contributed by atoms with Gasteiger partial charge in [-0.15, -0.1) is 0 Å². The van der Waals surface area contributed by atoms with Crippen LogP contribution >= 0.6 is 12.2 Å². The molecule has 0 aliphatic heterocycles. The van der Waals surface area contributed by atoms with Crippen LogP contribution in [0.2, 0.25) is 0 Å². The van der Waals surface area contributed by atoms with E-state index in [4.69, 9.17) is 21.7 Å². The van der Waals surface area contributed by atoms with E-state index in [0.717, 1.165) is 16.9 Å². The van der Waals surface area contributed by atoms with Gasteiger partial charge in [0.15, 0.2) is 10.6 Å². The van der Waals surface area contributed by atoms with Gasteiger partial charge >= 0.3 is 0 Å². The van der Waals surface area contributed by atoms with E-state index in [2.05, 4.69) is 15.5 Å². The molecular weight excluding hydrogens is 436 g/mol. The summed E-state index contributed by atoms with van der Waals surface area (Å²) in [5.41, 5.74) is 2.69. The molecule has 0 atom stereocenters. The van der Waals surface area contributed by atoms with E-state index in [0.29, 0.717) is 34.4 Å². The van der Waals surface area contributed by atoms with E-state index in [1.807, 2.05) is 62.4 Å². The van der Waals surface area contributed by atoms with Crippen molar-refractivity contribution in [2.45, 2.75) is 20.4 Å². The van der Waals surface area contributed by atoms with Gasteiger partial charge in [0.1, 0.15) is 23.8 Å². The highest BCUT2D eigenvalue weighted by atomic mass is 32.1. The number of anilines is 1. The summed E-state index contributed by atoms with van der Waals surface area (Å²) in [5, 5.41) is 9.94. The number of rotatable bonds is 8. The quantitative estimate of drug-likeness (QED) is 0.328. The Bertz CT molecular complexity index is 1280. The molecule has 0 saturated heterocycles. The van der Waals surface area contributed by atoms with Crippen molar-refractivity contribution < 1.29 is 14.3 Å². The number of ether oxygens (including phenoxy) is 2. The molecule has 1 amide bonds. The van der Waals surface area contributed by atoms with Gasteiger partial charge < -0.3 is 14.8 Å². The summed E-state index contributed by atoms with van der Waals surface area (Å²) in [4.78, 5) is 12.7. The number of carbonyl (C=O) groups is 1. The van der Waals surface area contributed by atoms with Crippen LogP contribution in [0.5, 0.6) is 17.2 Å². The van der Waals surface area contributed by atoms with E-state index in [9.17, 15) is 4.79 Å². The second-order valence-electron chi connectivity index (χ2n) is 7.38. The minimum Gasteiger partial charge on any atom is -0.494 e. The van der Waals surface area contributed by atoms with Crippen molar-refractivity contribution in [1.82, 2.24) is 14.8 Å². The Kier molecular flexibility index (Phi) is 6.85. The van der Waals surface area contributed by atoms with E-state index in [1.54, 1.807) is 28.8 Å². The van der Waals surface area contributed by atoms with Crippen LogP contribution in [0.15, 0.2) is 72.8 Å². The first kappa shape index (κ1) is 22.3. The van der Waals surface area contributed by atoms with Gasteiger partial charge in [0.25, 0.3) is 0 Å². The van der Waals surface area contributed by atoms with Crippen molar-refractivity contribution >= 4 is 23.8 Å². The largest absolute Gasteiger partial charge is 0.494 e. The van der Waals surface area contributed by atoms with Gasteiger partial charge in [-0.05, 0) is 74.6 Å². The molecule has 0 unspecified atom stereocenters. The minimum absolute atomic E-state index is 0.0446. The molecule has 0 aliphatic carbocycles. The van der Waals surface area contributed by atoms with Crippen molar-refractivity contribution in [3.05, 3.63) is 83.1 Å². The highest BCUT2D eigenvalue weighted by molar-refractivity contribution is 7.71. The second kappa shape index (κ2) is 10.1. The van der Waals surface area contributed by atoms with Crippen LogP contribution in [0.25, 0.3) is 11.4 Å². The third kappa shape index (κ3) is 5.67. The maximum Gasteiger partial charge on any atom is 0.244 e. The van der Waals surface area contributed by atoms with Crippen molar-refractivity contribution in [3.8, 4) is 28.6 Å². The SMILES string of the molecule is CCOc1ccc(Oc2ccc(NC(=O)Cn3c(-c4ccc(C)cc4)n[nH]c3=S)cc2)cc1. The van der Waals surface area contributed by atoms with E-state index in [-0.39, 0.29) is 12.5 Å². The average molecular weight is 461 g/mol. The molecule has 0 aliphatic rings. The number of aromatic amines is 1. The van der Waals surface area contributed by atoms with Crippen LogP contribution < -0.4 is 14.8 Å². The summed E-state index contributed by atoms with van der Waals surface area (Å²) in [6.45, 7) is 4.62. The fraction of sp³-hybridized carbons (Fsp3) is 0.160. The van der Waals surface area contributed by atoms with Crippen LogP contribution in [0.1, 0.15) is 12.5 Å². The molecule has 0 radical (unpaired) electrons. The van der Waals surface area contributed by atoms with Gasteiger partial charge in [0.2, 0.25) is 5.91 Å². The van der Waals surface area contributed by atoms with Crippen molar-refractivity contribution in [2.75, 3.05) is 11.9 Å². The predicted octanol–water partition coefficient (Wildman–Crippen LogP) is 5.75. The molecule has 4 aromatic rings. The zero-order chi connectivity index (χ0) is 23.2. The molecule has 0 bridgehead atoms. The zero-order valence-electron chi connectivity index (χ0n) is 18.4. The fourth-order valence-electron chi connectivity index (χ4n) is 3.24. The van der Waals surface area contributed by atoms with E-state index >= 15 is 0 Å². The lowest BCUT2D eigenvalue weighted by atomic mass is 10.1. The highest BCUT2D eigenvalue weighted by Crippen LogP contribution is 2.25. The Balaban J connectivity index is 1.39. The number of aromatic nitrogens is 3. The number of nitrogens with zero attached hydrogens (tertiary/aromatic N) is 2. The van der Waals surface area contributed by atoms with Gasteiger partial charge in [-0.3, -0.25) is 14.5 Å². The third-order valence-electron chi connectivity index (χ3n) is 4.88. The molecule has 4 rings (SSSR count). The Labute approximate surface area is 197 Å². The maximum atomic E-state index is 12.7. The van der Waals surface area contributed by atoms with Crippen LogP contribution in [-0.2, 0) is 11.3 Å². The summed E-state index contributed by atoms with van der Waals surface area (Å²) in [7, 11) is 0. The van der Waals surface area contributed by atoms with Gasteiger partial charge in [0.05, 0.1) is 6.61 Å². The number of carbonyl (C=O) groups excluding carboxylic acids is 1. The topological polar surface area (TPSA) is 81.2 Å². The number of benzene rings is 3. The first-order chi connectivity index (χ1) is 16.0. The molecular formula is C25H24N4O3S. The normalized spacial score (nSPS) is 10.6. The first-order valence-electron chi connectivity index (χ1n) is 10.5. The Morgan fingerprint density at radius 3 is 2.21 bits per heavy atom. The number of aryl methyl sites for hydroxylation is 1. The Morgan fingerprint density at radius 2 is 1.58 bits per heavy atom. The summed E-state index contributed by atoms with van der Waals surface area (Å²) in [5.74, 6) is 2.57. The Morgan fingerprint density at radius 1 is 0.970 bits per heavy atom. The Hall–Kier alpha value is -3.91. The van der Waals surface area contributed by atoms with E-state index in [1.165, 1.54) is 0 Å². The second-order valence-corrected chi connectivity index (χ2v) is 7.77. The van der Waals surface area contributed by atoms with Crippen molar-refractivity contribution in [1.29, 1.82) is 0 Å². The molecule has 3 aromatic carbocycles. The number of amides is 1. The summed E-state index contributed by atoms with van der Waals surface area (Å²) < 4.78 is 13.4. The molecule has 1 aromatic heterocycles. The lowest BCUT2D eigenvalue weighted by Crippen LogP contribution is -2.19. The smallest absolute Gasteiger partial charge is 0.244 e. The number of hydrogen-bond acceptors (Lipinski definition) is 5. The van der Waals surface area contributed by atoms with Crippen LogP contribution in [0.3, 0.4) is 0 Å². The van der Waals surface area contributed by atoms with Gasteiger partial charge in [-0.1, -0.05) is 29.8 Å². The van der Waals surface area contributed by atoms with Crippen LogP contribution in [0.4, 0.5) is 5.69 Å². The van der Waals surface area contributed by atoms with Crippen LogP contribution in [-0.4, -0.2) is 27.3 Å². The van der Waals surface area contributed by atoms with E-state index < -0.39 is 0 Å². The highest BCUT2D eigenvalue weighted by Gasteiger charge is 2.13. The van der Waals surface area contributed by atoms with Crippen LogP contribution in [0, 0.1) is 11.7 Å². The van der Waals surface area contributed by atoms with Gasteiger partial charge in [0, 0.05) is 11.3 Å². The van der Waals surface area contributed by atoms with Crippen molar-refractivity contribution in [3.63, 3.8) is 0 Å². The van der Waals surface area contributed by atoms with Crippen molar-refractivity contribution in [2.24, 2.45) is 0 Å². The zero-order valence-corrected chi connectivity index (χ0v) is 19.2. The fourth-order valence-corrected chi connectivity index (χ4v) is 3.44. The number of nitrogens with one attached hydrogen (secondary N) is 2. The monoisotopic (exact) mass is 460 g/mol. The predicted molar refractivity (Wildman–Crippen MR) is 130 cm³/mol. The molecule has 0 fully saturated rings. The molecule has 168 valence electrons. The van der Waals surface area contributed by atoms with Gasteiger partial charge in [-0.2, -0.15) is 5.10 Å². The standard InChI is InChI=1S/C25H24N4O3S/c1-3-31-20-12-14-22(15-13-20)32-21-10-8-19(9-11-21)26-23(30)16-29-24(27-28-25(29)33)18-6-4-17(2)5-7-18/h4-15H,3,16H2,1-2H3,(H,26,30)(H,28,33). The minimum atomic E-state index is -0.207.